The number of esters is 2. The number of carbonyl (C=O) groups is 4. The van der Waals surface area contributed by atoms with E-state index in [0.717, 1.165) is 43.2 Å². The minimum absolute atomic E-state index is 0.00187. The second-order valence-electron chi connectivity index (χ2n) is 13.1. The first-order chi connectivity index (χ1) is 24.7. The Balaban J connectivity index is 0.000000201. The zero-order valence-electron chi connectivity index (χ0n) is 29.5. The number of amides is 2. The van der Waals surface area contributed by atoms with Gasteiger partial charge in [0.1, 0.15) is 31.4 Å². The van der Waals surface area contributed by atoms with Crippen LogP contribution in [0, 0.1) is 23.7 Å². The molecule has 4 aliphatic rings. The summed E-state index contributed by atoms with van der Waals surface area (Å²) in [7, 11) is 0. The van der Waals surface area contributed by atoms with Gasteiger partial charge in [-0.2, -0.15) is 0 Å². The number of hydrogen-bond acceptors (Lipinski definition) is 11. The summed E-state index contributed by atoms with van der Waals surface area (Å²) in [5.41, 5.74) is 1.84. The van der Waals surface area contributed by atoms with Crippen LogP contribution in [0.3, 0.4) is 0 Å². The van der Waals surface area contributed by atoms with Crippen LogP contribution in [-0.2, 0) is 46.5 Å². The topological polar surface area (TPSA) is 121 Å². The minimum atomic E-state index is -0.635. The van der Waals surface area contributed by atoms with Crippen molar-refractivity contribution in [1.82, 2.24) is 9.80 Å². The molecule has 7 atom stereocenters. The van der Waals surface area contributed by atoms with Crippen LogP contribution in [0.2, 0.25) is 0 Å². The second kappa shape index (κ2) is 18.6. The van der Waals surface area contributed by atoms with Gasteiger partial charge >= 0.3 is 24.1 Å². The molecule has 6 rings (SSSR count). The van der Waals surface area contributed by atoms with Crippen molar-refractivity contribution in [2.75, 3.05) is 32.6 Å². The summed E-state index contributed by atoms with van der Waals surface area (Å²) in [6.45, 7) is 5.55. The van der Waals surface area contributed by atoms with Gasteiger partial charge in [0, 0.05) is 19.0 Å². The summed E-state index contributed by atoms with van der Waals surface area (Å²) in [6, 6.07) is 17.9. The highest BCUT2D eigenvalue weighted by atomic mass is 32.2. The highest BCUT2D eigenvalue weighted by Crippen LogP contribution is 2.45. The Morgan fingerprint density at radius 2 is 1.22 bits per heavy atom. The molecule has 0 spiro atoms. The quantitative estimate of drug-likeness (QED) is 0.157. The Morgan fingerprint density at radius 3 is 1.75 bits per heavy atom. The molecular weight excluding hydrogens is 693 g/mol. The van der Waals surface area contributed by atoms with E-state index < -0.39 is 24.3 Å². The van der Waals surface area contributed by atoms with Crippen molar-refractivity contribution in [3.8, 4) is 0 Å². The largest absolute Gasteiger partial charge is 0.475 e. The first-order valence-corrected chi connectivity index (χ1v) is 19.4. The third-order valence-corrected chi connectivity index (χ3v) is 11.2. The lowest BCUT2D eigenvalue weighted by atomic mass is 9.93. The molecule has 0 N–H and O–H groups in total. The van der Waals surface area contributed by atoms with Crippen LogP contribution in [-0.4, -0.2) is 89.1 Å². The van der Waals surface area contributed by atoms with Crippen molar-refractivity contribution in [2.45, 2.75) is 77.4 Å². The van der Waals surface area contributed by atoms with E-state index in [-0.39, 0.29) is 55.6 Å². The Bertz CT molecular complexity index is 1500. The van der Waals surface area contributed by atoms with Crippen LogP contribution in [0.4, 0.5) is 9.59 Å². The zero-order valence-corrected chi connectivity index (χ0v) is 31.1. The summed E-state index contributed by atoms with van der Waals surface area (Å²) in [5, 5.41) is 0. The van der Waals surface area contributed by atoms with Crippen LogP contribution in [0.25, 0.3) is 0 Å². The first-order valence-electron chi connectivity index (χ1n) is 17.8. The molecule has 0 bridgehead atoms. The summed E-state index contributed by atoms with van der Waals surface area (Å²) in [4.78, 5) is 53.3. The van der Waals surface area contributed by atoms with Gasteiger partial charge in [0.2, 0.25) is 4.38 Å². The summed E-state index contributed by atoms with van der Waals surface area (Å²) >= 11 is 6.58. The number of rotatable bonds is 9. The SMILES string of the molecule is CCOC(=O)[C@@H]1[C@H]2CCC(OC(=S)SC)[C@H]2CN1C(=O)OCc1ccccc1.CCOC(=O)[C@@H]1[C@H]2CCC[C@H]2CN1C(=O)OCc1ccccc1. The molecular formula is C38H48N2O9S2. The monoisotopic (exact) mass is 740 g/mol. The molecule has 2 aromatic rings. The summed E-state index contributed by atoms with van der Waals surface area (Å²) in [6.07, 6.45) is 5.66. The average molecular weight is 741 g/mol. The van der Waals surface area contributed by atoms with Gasteiger partial charge in [0.05, 0.1) is 13.2 Å². The maximum Gasteiger partial charge on any atom is 0.410 e. The van der Waals surface area contributed by atoms with Gasteiger partial charge in [0.15, 0.2) is 0 Å². The molecule has 0 radical (unpaired) electrons. The normalized spacial score (nSPS) is 25.9. The van der Waals surface area contributed by atoms with Gasteiger partial charge in [-0.15, -0.1) is 0 Å². The number of benzene rings is 2. The molecule has 13 heteroatoms. The van der Waals surface area contributed by atoms with Gasteiger partial charge in [-0.05, 0) is 86.9 Å². The number of thioether (sulfide) groups is 1. The molecule has 2 amide bonds. The Labute approximate surface area is 309 Å². The lowest BCUT2D eigenvalue weighted by molar-refractivity contribution is -0.150. The minimum Gasteiger partial charge on any atom is -0.475 e. The predicted molar refractivity (Wildman–Crippen MR) is 196 cm³/mol. The molecule has 11 nitrogen and oxygen atoms in total. The third-order valence-electron chi connectivity index (χ3n) is 10.2. The van der Waals surface area contributed by atoms with Gasteiger partial charge in [-0.25, -0.2) is 19.2 Å². The van der Waals surface area contributed by atoms with Crippen LogP contribution in [0.1, 0.15) is 57.1 Å². The number of nitrogens with zero attached hydrogens (tertiary/aromatic N) is 2. The molecule has 2 aromatic carbocycles. The highest BCUT2D eigenvalue weighted by Gasteiger charge is 2.55. The van der Waals surface area contributed by atoms with E-state index in [2.05, 4.69) is 0 Å². The zero-order chi connectivity index (χ0) is 36.3. The smallest absolute Gasteiger partial charge is 0.410 e. The van der Waals surface area contributed by atoms with Gasteiger partial charge < -0.3 is 23.7 Å². The maximum atomic E-state index is 12.8. The van der Waals surface area contributed by atoms with Crippen molar-refractivity contribution in [3.63, 3.8) is 0 Å². The van der Waals surface area contributed by atoms with Crippen LogP contribution < -0.4 is 0 Å². The molecule has 4 fully saturated rings. The number of likely N-dealkylation sites (tertiary alicyclic amines) is 2. The lowest BCUT2D eigenvalue weighted by Crippen LogP contribution is -2.44. The van der Waals surface area contributed by atoms with E-state index in [1.165, 1.54) is 16.7 Å². The van der Waals surface area contributed by atoms with Crippen molar-refractivity contribution < 1.29 is 42.9 Å². The molecule has 2 aliphatic carbocycles. The number of hydrogen-bond donors (Lipinski definition) is 0. The molecule has 2 saturated carbocycles. The fourth-order valence-electron chi connectivity index (χ4n) is 7.94. The Kier molecular flexibility index (Phi) is 14.0. The molecule has 2 saturated heterocycles. The maximum absolute atomic E-state index is 12.8. The number of carbonyl (C=O) groups excluding carboxylic acids is 4. The van der Waals surface area contributed by atoms with Crippen molar-refractivity contribution in [3.05, 3.63) is 71.8 Å². The Hall–Kier alpha value is -3.84. The highest BCUT2D eigenvalue weighted by molar-refractivity contribution is 8.22. The van der Waals surface area contributed by atoms with Crippen LogP contribution in [0.15, 0.2) is 60.7 Å². The third kappa shape index (κ3) is 9.54. The average Bonchev–Trinajstić information content (AvgIpc) is 3.93. The van der Waals surface area contributed by atoms with Crippen LogP contribution >= 0.6 is 24.0 Å². The van der Waals surface area contributed by atoms with E-state index in [4.69, 9.17) is 35.9 Å². The first kappa shape index (κ1) is 38.4. The molecule has 276 valence electrons. The molecule has 2 aliphatic heterocycles. The van der Waals surface area contributed by atoms with E-state index >= 15 is 0 Å². The standard InChI is InChI=1S/C20H25NO5S2.C18H23NO4/c1-3-24-18(22)17-14-9-10-16(26-20(27)28-2)15(14)11-21(17)19(23)25-12-13-7-5-4-6-8-13;1-2-22-17(20)16-15-10-6-9-14(15)11-19(16)18(21)23-12-13-7-4-3-5-8-13/h4-8,14-17H,3,9-12H2,1-2H3;3-5,7-8,14-16H,2,6,9-12H2,1H3/t14-,15-,16?,17-;14-,15-,16-/m00/s1. The lowest BCUT2D eigenvalue weighted by Gasteiger charge is -2.25. The van der Waals surface area contributed by atoms with E-state index in [1.54, 1.807) is 18.7 Å². The Morgan fingerprint density at radius 1 is 0.686 bits per heavy atom. The van der Waals surface area contributed by atoms with Crippen molar-refractivity contribution in [2.24, 2.45) is 23.7 Å². The van der Waals surface area contributed by atoms with Gasteiger partial charge in [-0.3, -0.25) is 9.80 Å². The second-order valence-corrected chi connectivity index (χ2v) is 14.6. The molecule has 0 aromatic heterocycles. The van der Waals surface area contributed by atoms with Crippen molar-refractivity contribution in [1.29, 1.82) is 0 Å². The van der Waals surface area contributed by atoms with E-state index in [9.17, 15) is 19.2 Å². The van der Waals surface area contributed by atoms with Gasteiger partial charge in [0.25, 0.3) is 0 Å². The predicted octanol–water partition coefficient (Wildman–Crippen LogP) is 6.62. The number of fused-ring (bicyclic) bond motifs is 2. The fourth-order valence-corrected chi connectivity index (χ4v) is 8.28. The summed E-state index contributed by atoms with van der Waals surface area (Å²) in [5.74, 6) is -0.00733. The van der Waals surface area contributed by atoms with E-state index in [0.29, 0.717) is 30.0 Å². The molecule has 1 unspecified atom stereocenters. The summed E-state index contributed by atoms with van der Waals surface area (Å²) < 4.78 is 27.7. The number of thiocarbonyl (C=S) groups is 1. The van der Waals surface area contributed by atoms with Gasteiger partial charge in [-0.1, -0.05) is 78.8 Å². The number of ether oxygens (including phenoxy) is 5. The van der Waals surface area contributed by atoms with Crippen molar-refractivity contribution >= 4 is 52.5 Å². The molecule has 2 heterocycles. The molecule has 51 heavy (non-hydrogen) atoms. The van der Waals surface area contributed by atoms with Crippen LogP contribution in [0.5, 0.6) is 0 Å². The van der Waals surface area contributed by atoms with E-state index in [1.807, 2.05) is 66.9 Å². The fraction of sp³-hybridized carbons (Fsp3) is 0.553.